The van der Waals surface area contributed by atoms with Gasteiger partial charge in [-0.05, 0) is 19.8 Å². The number of rotatable bonds is 10. The van der Waals surface area contributed by atoms with E-state index in [0.717, 1.165) is 19.3 Å². The molecule has 2 heteroatoms. The van der Waals surface area contributed by atoms with Crippen molar-refractivity contribution >= 4 is 5.97 Å². The van der Waals surface area contributed by atoms with Gasteiger partial charge in [0.05, 0.1) is 5.41 Å². The van der Waals surface area contributed by atoms with Crippen LogP contribution in [0.2, 0.25) is 0 Å². The first kappa shape index (κ1) is 15.2. The van der Waals surface area contributed by atoms with Crippen molar-refractivity contribution in [3.8, 4) is 0 Å². The Morgan fingerprint density at radius 3 is 2.31 bits per heavy atom. The lowest BCUT2D eigenvalue weighted by atomic mass is 9.81. The number of allylic oxidation sites excluding steroid dienone is 1. The van der Waals surface area contributed by atoms with Gasteiger partial charge in [0, 0.05) is 0 Å². The van der Waals surface area contributed by atoms with Gasteiger partial charge < -0.3 is 5.11 Å². The third kappa shape index (κ3) is 5.94. The number of hydrogen-bond donors (Lipinski definition) is 1. The van der Waals surface area contributed by atoms with E-state index in [1.165, 1.54) is 25.7 Å². The minimum Gasteiger partial charge on any atom is -0.481 e. The molecule has 0 radical (unpaired) electrons. The van der Waals surface area contributed by atoms with E-state index < -0.39 is 11.4 Å². The summed E-state index contributed by atoms with van der Waals surface area (Å²) in [6, 6.07) is 0. The average Bonchev–Trinajstić information content (AvgIpc) is 2.23. The number of hydrogen-bond acceptors (Lipinski definition) is 1. The Labute approximate surface area is 99.7 Å². The van der Waals surface area contributed by atoms with E-state index in [1.807, 2.05) is 6.92 Å². The summed E-state index contributed by atoms with van der Waals surface area (Å²) in [7, 11) is 0. The molecule has 0 heterocycles. The van der Waals surface area contributed by atoms with E-state index >= 15 is 0 Å². The van der Waals surface area contributed by atoms with Crippen LogP contribution >= 0.6 is 0 Å². The zero-order chi connectivity index (χ0) is 12.4. The Hall–Kier alpha value is -0.790. The summed E-state index contributed by atoms with van der Waals surface area (Å²) in [5.41, 5.74) is -0.605. The molecule has 0 aromatic heterocycles. The first-order chi connectivity index (χ1) is 7.56. The Kier molecular flexibility index (Phi) is 7.96. The van der Waals surface area contributed by atoms with Crippen LogP contribution in [0.15, 0.2) is 12.7 Å². The van der Waals surface area contributed by atoms with Crippen LogP contribution in [0, 0.1) is 5.41 Å². The third-order valence-electron chi connectivity index (χ3n) is 3.19. The standard InChI is InChI=1S/C14H26O2/c1-4-6-7-8-9-10-12-14(3,11-5-2)13(15)16/h5H,2,4,6-12H2,1,3H3,(H,15,16). The highest BCUT2D eigenvalue weighted by molar-refractivity contribution is 5.74. The maximum atomic E-state index is 11.1. The fourth-order valence-corrected chi connectivity index (χ4v) is 1.91. The van der Waals surface area contributed by atoms with Crippen LogP contribution in [-0.4, -0.2) is 11.1 Å². The van der Waals surface area contributed by atoms with Crippen molar-refractivity contribution in [3.05, 3.63) is 12.7 Å². The highest BCUT2D eigenvalue weighted by Crippen LogP contribution is 2.29. The van der Waals surface area contributed by atoms with Crippen LogP contribution in [0.3, 0.4) is 0 Å². The lowest BCUT2D eigenvalue weighted by Crippen LogP contribution is -2.26. The Morgan fingerprint density at radius 1 is 1.25 bits per heavy atom. The van der Waals surface area contributed by atoms with Crippen molar-refractivity contribution in [2.75, 3.05) is 0 Å². The zero-order valence-corrected chi connectivity index (χ0v) is 10.8. The van der Waals surface area contributed by atoms with E-state index in [-0.39, 0.29) is 0 Å². The minimum atomic E-state index is -0.694. The molecular formula is C14H26O2. The van der Waals surface area contributed by atoms with E-state index in [4.69, 9.17) is 5.11 Å². The molecule has 0 aromatic carbocycles. The van der Waals surface area contributed by atoms with Gasteiger partial charge >= 0.3 is 5.97 Å². The van der Waals surface area contributed by atoms with Crippen molar-refractivity contribution in [1.82, 2.24) is 0 Å². The van der Waals surface area contributed by atoms with Crippen LogP contribution < -0.4 is 0 Å². The first-order valence-corrected chi connectivity index (χ1v) is 6.41. The number of carbonyl (C=O) groups is 1. The molecule has 1 unspecified atom stereocenters. The van der Waals surface area contributed by atoms with Gasteiger partial charge in [-0.1, -0.05) is 51.5 Å². The fraction of sp³-hybridized carbons (Fsp3) is 0.786. The molecule has 16 heavy (non-hydrogen) atoms. The van der Waals surface area contributed by atoms with Gasteiger partial charge in [0.25, 0.3) is 0 Å². The fourth-order valence-electron chi connectivity index (χ4n) is 1.91. The molecule has 1 N–H and O–H groups in total. The van der Waals surface area contributed by atoms with Crippen LogP contribution in [0.5, 0.6) is 0 Å². The van der Waals surface area contributed by atoms with Crippen LogP contribution in [-0.2, 0) is 4.79 Å². The normalized spacial score (nSPS) is 14.4. The molecule has 0 spiro atoms. The number of carboxylic acid groups (broad SMARTS) is 1. The largest absolute Gasteiger partial charge is 0.481 e. The second kappa shape index (κ2) is 8.37. The molecule has 94 valence electrons. The molecule has 2 nitrogen and oxygen atoms in total. The van der Waals surface area contributed by atoms with Crippen LogP contribution in [0.25, 0.3) is 0 Å². The van der Waals surface area contributed by atoms with Crippen LogP contribution in [0.4, 0.5) is 0 Å². The van der Waals surface area contributed by atoms with Gasteiger partial charge in [-0.3, -0.25) is 4.79 Å². The smallest absolute Gasteiger partial charge is 0.309 e. The average molecular weight is 226 g/mol. The zero-order valence-electron chi connectivity index (χ0n) is 10.8. The third-order valence-corrected chi connectivity index (χ3v) is 3.19. The molecule has 0 amide bonds. The predicted octanol–water partition coefficient (Wildman–Crippen LogP) is 4.40. The Morgan fingerprint density at radius 2 is 1.81 bits per heavy atom. The first-order valence-electron chi connectivity index (χ1n) is 6.41. The van der Waals surface area contributed by atoms with Gasteiger partial charge in [-0.15, -0.1) is 6.58 Å². The number of unbranched alkanes of at least 4 members (excludes halogenated alkanes) is 5. The monoisotopic (exact) mass is 226 g/mol. The molecule has 0 fully saturated rings. The lowest BCUT2D eigenvalue weighted by molar-refractivity contribution is -0.148. The molecular weight excluding hydrogens is 200 g/mol. The summed E-state index contributed by atoms with van der Waals surface area (Å²) in [6.45, 7) is 7.66. The van der Waals surface area contributed by atoms with Crippen molar-refractivity contribution < 1.29 is 9.90 Å². The molecule has 0 aromatic rings. The van der Waals surface area contributed by atoms with Gasteiger partial charge in [-0.25, -0.2) is 0 Å². The molecule has 0 saturated carbocycles. The predicted molar refractivity (Wildman–Crippen MR) is 68.5 cm³/mol. The molecule has 0 aliphatic heterocycles. The Bertz CT molecular complexity index is 211. The van der Waals surface area contributed by atoms with E-state index in [9.17, 15) is 4.79 Å². The summed E-state index contributed by atoms with van der Waals surface area (Å²) < 4.78 is 0. The topological polar surface area (TPSA) is 37.3 Å². The summed E-state index contributed by atoms with van der Waals surface area (Å²) in [5.74, 6) is -0.694. The Balaban J connectivity index is 3.77. The summed E-state index contributed by atoms with van der Waals surface area (Å²) in [6.07, 6.45) is 10.3. The molecule has 0 aliphatic rings. The molecule has 0 aliphatic carbocycles. The lowest BCUT2D eigenvalue weighted by Gasteiger charge is -2.22. The van der Waals surface area contributed by atoms with Gasteiger partial charge in [0.15, 0.2) is 0 Å². The maximum Gasteiger partial charge on any atom is 0.309 e. The molecule has 0 rings (SSSR count). The van der Waals surface area contributed by atoms with Gasteiger partial charge in [-0.2, -0.15) is 0 Å². The van der Waals surface area contributed by atoms with E-state index in [2.05, 4.69) is 13.5 Å². The van der Waals surface area contributed by atoms with E-state index in [1.54, 1.807) is 6.08 Å². The summed E-state index contributed by atoms with van der Waals surface area (Å²) in [5, 5.41) is 9.16. The quantitative estimate of drug-likeness (QED) is 0.442. The second-order valence-corrected chi connectivity index (χ2v) is 4.88. The van der Waals surface area contributed by atoms with Crippen molar-refractivity contribution in [1.29, 1.82) is 0 Å². The van der Waals surface area contributed by atoms with E-state index in [0.29, 0.717) is 6.42 Å². The minimum absolute atomic E-state index is 0.567. The molecule has 1 atom stereocenters. The maximum absolute atomic E-state index is 11.1. The van der Waals surface area contributed by atoms with Gasteiger partial charge in [0.2, 0.25) is 0 Å². The highest BCUT2D eigenvalue weighted by atomic mass is 16.4. The number of carboxylic acids is 1. The molecule has 0 bridgehead atoms. The van der Waals surface area contributed by atoms with Crippen molar-refractivity contribution in [2.45, 2.75) is 65.2 Å². The highest BCUT2D eigenvalue weighted by Gasteiger charge is 2.30. The second-order valence-electron chi connectivity index (χ2n) is 4.88. The van der Waals surface area contributed by atoms with Crippen molar-refractivity contribution in [2.24, 2.45) is 5.41 Å². The number of aliphatic carboxylic acids is 1. The summed E-state index contributed by atoms with van der Waals surface area (Å²) in [4.78, 5) is 11.1. The SMILES string of the molecule is C=CCC(C)(CCCCCCCC)C(=O)O. The van der Waals surface area contributed by atoms with Crippen LogP contribution in [0.1, 0.15) is 65.2 Å². The van der Waals surface area contributed by atoms with Gasteiger partial charge in [0.1, 0.15) is 0 Å². The van der Waals surface area contributed by atoms with Crippen molar-refractivity contribution in [3.63, 3.8) is 0 Å². The summed E-state index contributed by atoms with van der Waals surface area (Å²) >= 11 is 0. The molecule has 0 saturated heterocycles.